The standard InChI is InChI=1S/C19H15BrN2O4S/c20-13-6-2-3-7-14(13)22-17(23)10-21-18(24)11-26-19(25)16-9-12-5-1-4-8-15(12)27-16/h1-9H,10-11H2,(H,21,24)(H,22,23). The summed E-state index contributed by atoms with van der Waals surface area (Å²) >= 11 is 4.62. The van der Waals surface area contributed by atoms with Gasteiger partial charge in [-0.2, -0.15) is 0 Å². The molecule has 27 heavy (non-hydrogen) atoms. The first-order valence-electron chi connectivity index (χ1n) is 8.00. The summed E-state index contributed by atoms with van der Waals surface area (Å²) in [5.74, 6) is -1.50. The zero-order valence-corrected chi connectivity index (χ0v) is 16.4. The maximum absolute atomic E-state index is 12.1. The van der Waals surface area contributed by atoms with E-state index in [0.717, 1.165) is 14.6 Å². The minimum Gasteiger partial charge on any atom is -0.451 e. The maximum Gasteiger partial charge on any atom is 0.348 e. The lowest BCUT2D eigenvalue weighted by Crippen LogP contribution is -2.35. The Kier molecular flexibility index (Phi) is 6.20. The van der Waals surface area contributed by atoms with Crippen LogP contribution in [-0.4, -0.2) is 30.9 Å². The molecular weight excluding hydrogens is 432 g/mol. The van der Waals surface area contributed by atoms with Crippen LogP contribution in [0.5, 0.6) is 0 Å². The minimum atomic E-state index is -0.566. The van der Waals surface area contributed by atoms with Gasteiger partial charge in [-0.05, 0) is 45.6 Å². The Hall–Kier alpha value is -2.71. The van der Waals surface area contributed by atoms with Gasteiger partial charge in [0.2, 0.25) is 5.91 Å². The van der Waals surface area contributed by atoms with Crippen molar-refractivity contribution in [1.82, 2.24) is 5.32 Å². The molecule has 2 N–H and O–H groups in total. The maximum atomic E-state index is 12.1. The van der Waals surface area contributed by atoms with Gasteiger partial charge in [0.1, 0.15) is 4.88 Å². The summed E-state index contributed by atoms with van der Waals surface area (Å²) in [6.07, 6.45) is 0. The van der Waals surface area contributed by atoms with Gasteiger partial charge in [-0.15, -0.1) is 11.3 Å². The highest BCUT2D eigenvalue weighted by Crippen LogP contribution is 2.25. The number of nitrogens with one attached hydrogen (secondary N) is 2. The number of halogens is 1. The second-order valence-electron chi connectivity index (χ2n) is 5.53. The van der Waals surface area contributed by atoms with Crippen molar-refractivity contribution in [2.75, 3.05) is 18.5 Å². The molecule has 0 bridgehead atoms. The smallest absolute Gasteiger partial charge is 0.348 e. The number of ether oxygens (including phenoxy) is 1. The van der Waals surface area contributed by atoms with Crippen molar-refractivity contribution in [2.24, 2.45) is 0 Å². The molecule has 0 aliphatic carbocycles. The van der Waals surface area contributed by atoms with Crippen molar-refractivity contribution >= 4 is 60.8 Å². The number of carbonyl (C=O) groups is 3. The van der Waals surface area contributed by atoms with Gasteiger partial charge in [0, 0.05) is 9.17 Å². The van der Waals surface area contributed by atoms with Crippen LogP contribution in [0, 0.1) is 0 Å². The number of fused-ring (bicyclic) bond motifs is 1. The number of carbonyl (C=O) groups excluding carboxylic acids is 3. The Balaban J connectivity index is 1.44. The molecule has 138 valence electrons. The molecule has 2 amide bonds. The Bertz CT molecular complexity index is 969. The normalized spacial score (nSPS) is 10.4. The van der Waals surface area contributed by atoms with E-state index in [1.54, 1.807) is 24.3 Å². The average molecular weight is 447 g/mol. The quantitative estimate of drug-likeness (QED) is 0.566. The molecule has 0 radical (unpaired) electrons. The summed E-state index contributed by atoms with van der Waals surface area (Å²) in [4.78, 5) is 36.2. The predicted molar refractivity (Wildman–Crippen MR) is 108 cm³/mol. The molecule has 1 aromatic heterocycles. The lowest BCUT2D eigenvalue weighted by atomic mass is 10.2. The van der Waals surface area contributed by atoms with E-state index in [9.17, 15) is 14.4 Å². The van der Waals surface area contributed by atoms with E-state index in [1.807, 2.05) is 30.3 Å². The Labute approximate surface area is 167 Å². The van der Waals surface area contributed by atoms with Crippen molar-refractivity contribution < 1.29 is 19.1 Å². The number of rotatable bonds is 6. The Morgan fingerprint density at radius 3 is 2.52 bits per heavy atom. The highest BCUT2D eigenvalue weighted by Gasteiger charge is 2.14. The minimum absolute atomic E-state index is 0.222. The summed E-state index contributed by atoms with van der Waals surface area (Å²) in [7, 11) is 0. The zero-order valence-electron chi connectivity index (χ0n) is 14.0. The van der Waals surface area contributed by atoms with Crippen LogP contribution in [0.1, 0.15) is 9.67 Å². The molecule has 0 unspecified atom stereocenters. The van der Waals surface area contributed by atoms with Gasteiger partial charge >= 0.3 is 5.97 Å². The van der Waals surface area contributed by atoms with Crippen LogP contribution in [0.2, 0.25) is 0 Å². The van der Waals surface area contributed by atoms with E-state index in [4.69, 9.17) is 4.74 Å². The number of anilines is 1. The molecule has 0 aliphatic rings. The van der Waals surface area contributed by atoms with E-state index >= 15 is 0 Å². The number of benzene rings is 2. The third-order valence-corrected chi connectivity index (χ3v) is 5.34. The van der Waals surface area contributed by atoms with Crippen molar-refractivity contribution in [3.63, 3.8) is 0 Å². The van der Waals surface area contributed by atoms with Crippen molar-refractivity contribution in [1.29, 1.82) is 0 Å². The van der Waals surface area contributed by atoms with Crippen molar-refractivity contribution in [3.05, 3.63) is 63.9 Å². The fourth-order valence-electron chi connectivity index (χ4n) is 2.27. The van der Waals surface area contributed by atoms with Crippen LogP contribution in [0.4, 0.5) is 5.69 Å². The average Bonchev–Trinajstić information content (AvgIpc) is 3.10. The molecule has 0 aliphatic heterocycles. The first-order chi connectivity index (χ1) is 13.0. The molecule has 0 fully saturated rings. The van der Waals surface area contributed by atoms with Gasteiger partial charge in [-0.3, -0.25) is 9.59 Å². The number of amides is 2. The van der Waals surface area contributed by atoms with Gasteiger partial charge in [0.15, 0.2) is 6.61 Å². The summed E-state index contributed by atoms with van der Waals surface area (Å²) < 4.78 is 6.72. The lowest BCUT2D eigenvalue weighted by Gasteiger charge is -2.08. The molecule has 0 atom stereocenters. The van der Waals surface area contributed by atoms with Crippen LogP contribution < -0.4 is 10.6 Å². The fraction of sp³-hybridized carbons (Fsp3) is 0.105. The molecule has 3 rings (SSSR count). The van der Waals surface area contributed by atoms with E-state index < -0.39 is 18.5 Å². The second kappa shape index (κ2) is 8.79. The summed E-state index contributed by atoms with van der Waals surface area (Å²) in [5.41, 5.74) is 0.605. The molecule has 1 heterocycles. The molecule has 3 aromatic rings. The SMILES string of the molecule is O=C(COC(=O)c1cc2ccccc2s1)NCC(=O)Nc1ccccc1Br. The topological polar surface area (TPSA) is 84.5 Å². The van der Waals surface area contributed by atoms with E-state index in [2.05, 4.69) is 26.6 Å². The molecule has 0 spiro atoms. The molecular formula is C19H15BrN2O4S. The second-order valence-corrected chi connectivity index (χ2v) is 7.47. The summed E-state index contributed by atoms with van der Waals surface area (Å²) in [6.45, 7) is -0.671. The van der Waals surface area contributed by atoms with Gasteiger partial charge in [-0.25, -0.2) is 4.79 Å². The number of thiophene rings is 1. The molecule has 0 saturated carbocycles. The van der Waals surface area contributed by atoms with Gasteiger partial charge in [-0.1, -0.05) is 30.3 Å². The third kappa shape index (κ3) is 5.15. The van der Waals surface area contributed by atoms with Crippen LogP contribution in [-0.2, 0) is 14.3 Å². The highest BCUT2D eigenvalue weighted by molar-refractivity contribution is 9.10. The fourth-order valence-corrected chi connectivity index (χ4v) is 3.61. The highest BCUT2D eigenvalue weighted by atomic mass is 79.9. The van der Waals surface area contributed by atoms with E-state index in [-0.39, 0.29) is 12.5 Å². The van der Waals surface area contributed by atoms with Crippen LogP contribution in [0.25, 0.3) is 10.1 Å². The molecule has 6 nitrogen and oxygen atoms in total. The monoisotopic (exact) mass is 446 g/mol. The lowest BCUT2D eigenvalue weighted by molar-refractivity contribution is -0.126. The van der Waals surface area contributed by atoms with E-state index in [1.165, 1.54) is 11.3 Å². The van der Waals surface area contributed by atoms with Crippen molar-refractivity contribution in [2.45, 2.75) is 0 Å². The van der Waals surface area contributed by atoms with Gasteiger partial charge in [0.05, 0.1) is 12.2 Å². The predicted octanol–water partition coefficient (Wildman–Crippen LogP) is 3.58. The molecule has 0 saturated heterocycles. The van der Waals surface area contributed by atoms with Crippen LogP contribution in [0.15, 0.2) is 59.1 Å². The summed E-state index contributed by atoms with van der Waals surface area (Å²) in [6, 6.07) is 16.5. The van der Waals surface area contributed by atoms with Crippen molar-refractivity contribution in [3.8, 4) is 0 Å². The first-order valence-corrected chi connectivity index (χ1v) is 9.60. The van der Waals surface area contributed by atoms with Gasteiger partial charge < -0.3 is 15.4 Å². The van der Waals surface area contributed by atoms with Crippen LogP contribution >= 0.6 is 27.3 Å². The summed E-state index contributed by atoms with van der Waals surface area (Å²) in [5, 5.41) is 6.03. The number of esters is 1. The molecule has 2 aromatic carbocycles. The largest absolute Gasteiger partial charge is 0.451 e. The number of hydrogen-bond donors (Lipinski definition) is 2. The zero-order chi connectivity index (χ0) is 19.2. The van der Waals surface area contributed by atoms with Crippen LogP contribution in [0.3, 0.4) is 0 Å². The number of hydrogen-bond acceptors (Lipinski definition) is 5. The first kappa shape index (κ1) is 19.1. The van der Waals surface area contributed by atoms with E-state index in [0.29, 0.717) is 10.6 Å². The van der Waals surface area contributed by atoms with Gasteiger partial charge in [0.25, 0.3) is 5.91 Å². The Morgan fingerprint density at radius 1 is 1.00 bits per heavy atom. The Morgan fingerprint density at radius 2 is 1.74 bits per heavy atom. The molecule has 8 heteroatoms. The number of para-hydroxylation sites is 1. The third-order valence-electron chi connectivity index (χ3n) is 3.56.